The van der Waals surface area contributed by atoms with Crippen LogP contribution in [-0.2, 0) is 4.79 Å². The summed E-state index contributed by atoms with van der Waals surface area (Å²) in [5.41, 5.74) is 3.35. The van der Waals surface area contributed by atoms with Gasteiger partial charge in [0, 0.05) is 36.0 Å². The number of aromatic nitrogens is 1. The molecule has 164 valence electrons. The summed E-state index contributed by atoms with van der Waals surface area (Å²) in [5, 5.41) is 4.39. The van der Waals surface area contributed by atoms with Crippen LogP contribution in [0.15, 0.2) is 48.7 Å². The van der Waals surface area contributed by atoms with E-state index >= 15 is 0 Å². The van der Waals surface area contributed by atoms with Gasteiger partial charge in [-0.2, -0.15) is 0 Å². The van der Waals surface area contributed by atoms with Gasteiger partial charge in [-0.3, -0.25) is 4.79 Å². The number of carbonyl (C=O) groups excluding carboxylic acids is 1. The lowest BCUT2D eigenvalue weighted by Crippen LogP contribution is -2.30. The molecule has 0 aliphatic heterocycles. The van der Waals surface area contributed by atoms with Crippen LogP contribution in [0.5, 0.6) is 11.5 Å². The molecule has 0 saturated heterocycles. The molecule has 3 aromatic rings. The van der Waals surface area contributed by atoms with Crippen LogP contribution in [0.25, 0.3) is 10.9 Å². The van der Waals surface area contributed by atoms with Crippen LogP contribution in [0.3, 0.4) is 0 Å². The summed E-state index contributed by atoms with van der Waals surface area (Å²) in [7, 11) is 1.66. The summed E-state index contributed by atoms with van der Waals surface area (Å²) >= 11 is 0. The van der Waals surface area contributed by atoms with Gasteiger partial charge in [-0.1, -0.05) is 37.1 Å². The summed E-state index contributed by atoms with van der Waals surface area (Å²) in [6.07, 6.45) is 7.54. The van der Waals surface area contributed by atoms with Crippen LogP contribution < -0.4 is 14.8 Å². The Bertz CT molecular complexity index is 1020. The number of hydrogen-bond donors (Lipinski definition) is 2. The van der Waals surface area contributed by atoms with Crippen molar-refractivity contribution in [3.8, 4) is 11.5 Å². The second kappa shape index (κ2) is 9.90. The van der Waals surface area contributed by atoms with E-state index in [9.17, 15) is 4.79 Å². The SMILES string of the molecule is CCOc1ccc(C(CNC(=O)CC2CCCC2)c2c[nH]c3ccccc23)cc1OC. The Balaban J connectivity index is 1.62. The van der Waals surface area contributed by atoms with Gasteiger partial charge in [-0.25, -0.2) is 0 Å². The van der Waals surface area contributed by atoms with Crippen molar-refractivity contribution < 1.29 is 14.3 Å². The van der Waals surface area contributed by atoms with E-state index in [0.29, 0.717) is 31.2 Å². The number of hydrogen-bond acceptors (Lipinski definition) is 3. The van der Waals surface area contributed by atoms with Crippen LogP contribution in [0.4, 0.5) is 0 Å². The molecule has 0 bridgehead atoms. The van der Waals surface area contributed by atoms with Crippen LogP contribution in [-0.4, -0.2) is 31.2 Å². The van der Waals surface area contributed by atoms with Crippen LogP contribution >= 0.6 is 0 Å². The number of carbonyl (C=O) groups is 1. The molecule has 31 heavy (non-hydrogen) atoms. The topological polar surface area (TPSA) is 63.3 Å². The van der Waals surface area contributed by atoms with E-state index in [0.717, 1.165) is 16.8 Å². The van der Waals surface area contributed by atoms with E-state index in [4.69, 9.17) is 9.47 Å². The number of aromatic amines is 1. The minimum absolute atomic E-state index is 0.00764. The third-order valence-corrected chi connectivity index (χ3v) is 6.34. The fraction of sp³-hybridized carbons (Fsp3) is 0.423. The first kappa shape index (κ1) is 21.3. The third-order valence-electron chi connectivity index (χ3n) is 6.34. The summed E-state index contributed by atoms with van der Waals surface area (Å²) in [4.78, 5) is 16.0. The van der Waals surface area contributed by atoms with E-state index in [1.807, 2.05) is 31.2 Å². The maximum absolute atomic E-state index is 12.7. The Morgan fingerprint density at radius 3 is 2.74 bits per heavy atom. The summed E-state index contributed by atoms with van der Waals surface area (Å²) in [6.45, 7) is 3.09. The fourth-order valence-electron chi connectivity index (χ4n) is 4.73. The van der Waals surface area contributed by atoms with Gasteiger partial charge >= 0.3 is 0 Å². The number of nitrogens with one attached hydrogen (secondary N) is 2. The minimum Gasteiger partial charge on any atom is -0.493 e. The van der Waals surface area contributed by atoms with Gasteiger partial charge in [0.2, 0.25) is 5.91 Å². The molecule has 2 aromatic carbocycles. The Morgan fingerprint density at radius 2 is 1.97 bits per heavy atom. The number of amides is 1. The molecule has 1 heterocycles. The van der Waals surface area contributed by atoms with Crippen molar-refractivity contribution in [2.24, 2.45) is 5.92 Å². The van der Waals surface area contributed by atoms with Gasteiger partial charge in [0.1, 0.15) is 0 Å². The second-order valence-corrected chi connectivity index (χ2v) is 8.34. The van der Waals surface area contributed by atoms with Crippen molar-refractivity contribution in [1.82, 2.24) is 10.3 Å². The smallest absolute Gasteiger partial charge is 0.220 e. The lowest BCUT2D eigenvalue weighted by molar-refractivity contribution is -0.122. The van der Waals surface area contributed by atoms with Crippen LogP contribution in [0.2, 0.25) is 0 Å². The Labute approximate surface area is 184 Å². The molecule has 1 aliphatic carbocycles. The minimum atomic E-state index is 0.00764. The fourth-order valence-corrected chi connectivity index (χ4v) is 4.73. The van der Waals surface area contributed by atoms with Crippen molar-refractivity contribution in [2.75, 3.05) is 20.3 Å². The van der Waals surface area contributed by atoms with Crippen molar-refractivity contribution in [3.05, 3.63) is 59.8 Å². The van der Waals surface area contributed by atoms with E-state index in [1.165, 1.54) is 36.6 Å². The van der Waals surface area contributed by atoms with Crippen molar-refractivity contribution in [3.63, 3.8) is 0 Å². The highest BCUT2D eigenvalue weighted by atomic mass is 16.5. The molecular formula is C26H32N2O3. The number of fused-ring (bicyclic) bond motifs is 1. The van der Waals surface area contributed by atoms with Crippen molar-refractivity contribution >= 4 is 16.8 Å². The van der Waals surface area contributed by atoms with E-state index < -0.39 is 0 Å². The summed E-state index contributed by atoms with van der Waals surface area (Å²) < 4.78 is 11.3. The number of H-pyrrole nitrogens is 1. The highest BCUT2D eigenvalue weighted by molar-refractivity contribution is 5.84. The average Bonchev–Trinajstić information content (AvgIpc) is 3.45. The van der Waals surface area contributed by atoms with Crippen LogP contribution in [0.1, 0.15) is 56.1 Å². The first-order valence-corrected chi connectivity index (χ1v) is 11.3. The number of benzene rings is 2. The van der Waals surface area contributed by atoms with Gasteiger partial charge in [-0.15, -0.1) is 0 Å². The molecule has 1 aromatic heterocycles. The second-order valence-electron chi connectivity index (χ2n) is 8.34. The van der Waals surface area contributed by atoms with Gasteiger partial charge in [-0.05, 0) is 55.0 Å². The average molecular weight is 421 g/mol. The highest BCUT2D eigenvalue weighted by Gasteiger charge is 2.23. The molecule has 1 amide bonds. The predicted molar refractivity (Wildman–Crippen MR) is 124 cm³/mol. The normalized spacial score (nSPS) is 15.2. The Morgan fingerprint density at radius 1 is 1.16 bits per heavy atom. The molecule has 1 atom stereocenters. The van der Waals surface area contributed by atoms with Gasteiger partial charge < -0.3 is 19.8 Å². The predicted octanol–water partition coefficient (Wildman–Crippen LogP) is 5.40. The molecule has 1 aliphatic rings. The first-order valence-electron chi connectivity index (χ1n) is 11.3. The Kier molecular flexibility index (Phi) is 6.80. The molecule has 4 rings (SSSR count). The van der Waals surface area contributed by atoms with Crippen molar-refractivity contribution in [2.45, 2.75) is 44.9 Å². The maximum atomic E-state index is 12.7. The lowest BCUT2D eigenvalue weighted by Gasteiger charge is -2.20. The van der Waals surface area contributed by atoms with E-state index in [-0.39, 0.29) is 11.8 Å². The lowest BCUT2D eigenvalue weighted by atomic mass is 9.90. The number of rotatable bonds is 9. The van der Waals surface area contributed by atoms with E-state index in [2.05, 4.69) is 34.7 Å². The number of para-hydroxylation sites is 1. The molecule has 1 unspecified atom stereocenters. The molecule has 1 saturated carbocycles. The highest BCUT2D eigenvalue weighted by Crippen LogP contribution is 2.36. The van der Waals surface area contributed by atoms with Gasteiger partial charge in [0.05, 0.1) is 13.7 Å². The van der Waals surface area contributed by atoms with E-state index in [1.54, 1.807) is 7.11 Å². The summed E-state index contributed by atoms with van der Waals surface area (Å²) in [6, 6.07) is 14.3. The van der Waals surface area contributed by atoms with Gasteiger partial charge in [0.25, 0.3) is 0 Å². The zero-order valence-electron chi connectivity index (χ0n) is 18.4. The number of ether oxygens (including phenoxy) is 2. The molecule has 5 heteroatoms. The molecule has 1 fully saturated rings. The molecular weight excluding hydrogens is 388 g/mol. The largest absolute Gasteiger partial charge is 0.493 e. The maximum Gasteiger partial charge on any atom is 0.220 e. The molecule has 2 N–H and O–H groups in total. The van der Waals surface area contributed by atoms with Gasteiger partial charge in [0.15, 0.2) is 11.5 Å². The Hall–Kier alpha value is -2.95. The van der Waals surface area contributed by atoms with Crippen LogP contribution in [0, 0.1) is 5.92 Å². The third kappa shape index (κ3) is 4.87. The number of methoxy groups -OCH3 is 1. The molecule has 0 spiro atoms. The quantitative estimate of drug-likeness (QED) is 0.487. The zero-order chi connectivity index (χ0) is 21.6. The standard InChI is InChI=1S/C26H32N2O3/c1-3-31-24-13-12-19(15-25(24)30-2)21(16-28-26(29)14-18-8-4-5-9-18)22-17-27-23-11-7-6-10-20(22)23/h6-7,10-13,15,17-18,21,27H,3-5,8-9,14,16H2,1-2H3,(H,28,29). The molecule has 5 nitrogen and oxygen atoms in total. The summed E-state index contributed by atoms with van der Waals surface area (Å²) in [5.74, 6) is 2.14. The first-order chi connectivity index (χ1) is 15.2. The zero-order valence-corrected chi connectivity index (χ0v) is 18.4. The monoisotopic (exact) mass is 420 g/mol. The molecule has 0 radical (unpaired) electrons. The van der Waals surface area contributed by atoms with Crippen molar-refractivity contribution in [1.29, 1.82) is 0 Å².